The Kier molecular flexibility index (Phi) is 5.88. The number of hydrogen-bond donors (Lipinski definition) is 0. The molecule has 0 aromatic rings. The van der Waals surface area contributed by atoms with Crippen LogP contribution in [0.1, 0.15) is 19.3 Å². The van der Waals surface area contributed by atoms with Crippen molar-refractivity contribution >= 4 is 15.8 Å². The summed E-state index contributed by atoms with van der Waals surface area (Å²) in [5.74, 6) is -1.38. The van der Waals surface area contributed by atoms with Gasteiger partial charge in [-0.1, -0.05) is 0 Å². The Bertz CT molecular complexity index is 315. The summed E-state index contributed by atoms with van der Waals surface area (Å²) in [6.07, 6.45) is 1.29. The number of nitrogens with zero attached hydrogens (tertiary/aromatic N) is 1. The topological polar surface area (TPSA) is 84.2 Å². The lowest BCUT2D eigenvalue weighted by molar-refractivity contribution is -0.137. The molecule has 0 rings (SSSR count). The largest absolute Gasteiger partial charge is 0.468 e. The van der Waals surface area contributed by atoms with Crippen LogP contribution < -0.4 is 0 Å². The predicted molar refractivity (Wildman–Crippen MR) is 50.1 cm³/mol. The van der Waals surface area contributed by atoms with Crippen molar-refractivity contribution in [3.63, 3.8) is 0 Å². The van der Waals surface area contributed by atoms with E-state index in [-0.39, 0.29) is 5.75 Å². The minimum atomic E-state index is -3.36. The molecule has 0 spiro atoms. The van der Waals surface area contributed by atoms with E-state index in [0.29, 0.717) is 19.3 Å². The van der Waals surface area contributed by atoms with Gasteiger partial charge in [0.1, 0.15) is 5.75 Å². The number of sulfone groups is 1. The number of ether oxygens (including phenoxy) is 1. The third-order valence-corrected chi connectivity index (χ3v) is 3.15. The van der Waals surface area contributed by atoms with E-state index in [0.717, 1.165) is 7.11 Å². The third kappa shape index (κ3) is 6.43. The highest BCUT2D eigenvalue weighted by Gasteiger charge is 2.16. The van der Waals surface area contributed by atoms with E-state index in [1.807, 2.05) is 6.07 Å². The first-order valence-electron chi connectivity index (χ1n) is 4.16. The molecule has 0 aliphatic heterocycles. The van der Waals surface area contributed by atoms with E-state index in [4.69, 9.17) is 5.26 Å². The Hall–Kier alpha value is -1.09. The summed E-state index contributed by atoms with van der Waals surface area (Å²) in [5.41, 5.74) is 0. The molecule has 0 N–H and O–H groups in total. The van der Waals surface area contributed by atoms with Crippen LogP contribution >= 0.6 is 0 Å². The summed E-state index contributed by atoms with van der Waals surface area (Å²) in [7, 11) is -2.21. The minimum absolute atomic E-state index is 0.0657. The predicted octanol–water partition coefficient (Wildman–Crippen LogP) is 0.268. The van der Waals surface area contributed by atoms with Gasteiger partial charge < -0.3 is 4.74 Å². The van der Waals surface area contributed by atoms with Crippen molar-refractivity contribution in [2.24, 2.45) is 0 Å². The van der Waals surface area contributed by atoms with E-state index < -0.39 is 21.6 Å². The normalized spacial score (nSPS) is 10.6. The molecule has 0 atom stereocenters. The van der Waals surface area contributed by atoms with Crippen LogP contribution in [-0.4, -0.2) is 33.0 Å². The van der Waals surface area contributed by atoms with Crippen LogP contribution in [0.4, 0.5) is 0 Å². The third-order valence-electron chi connectivity index (χ3n) is 1.56. The Morgan fingerprint density at radius 3 is 2.57 bits per heavy atom. The van der Waals surface area contributed by atoms with Crippen molar-refractivity contribution < 1.29 is 17.9 Å². The lowest BCUT2D eigenvalue weighted by Gasteiger charge is -2.01. The Morgan fingerprint density at radius 2 is 2.07 bits per heavy atom. The molecular weight excluding hydrogens is 206 g/mol. The summed E-state index contributed by atoms with van der Waals surface area (Å²) in [4.78, 5) is 10.7. The molecule has 5 nitrogen and oxygen atoms in total. The molecule has 0 bridgehead atoms. The van der Waals surface area contributed by atoms with Crippen molar-refractivity contribution in [3.05, 3.63) is 0 Å². The quantitative estimate of drug-likeness (QED) is 0.473. The van der Waals surface area contributed by atoms with Crippen LogP contribution in [0.2, 0.25) is 0 Å². The van der Waals surface area contributed by atoms with E-state index in [9.17, 15) is 13.2 Å². The summed E-state index contributed by atoms with van der Waals surface area (Å²) in [6.45, 7) is 0. The second-order valence-corrected chi connectivity index (χ2v) is 4.97. The van der Waals surface area contributed by atoms with Gasteiger partial charge in [-0.3, -0.25) is 4.79 Å². The molecule has 0 fully saturated rings. The van der Waals surface area contributed by atoms with E-state index in [1.54, 1.807) is 0 Å². The van der Waals surface area contributed by atoms with E-state index in [1.165, 1.54) is 0 Å². The first-order valence-corrected chi connectivity index (χ1v) is 5.98. The SMILES string of the molecule is COC(=O)CS(=O)(=O)CCCCC#N. The standard InChI is InChI=1S/C8H13NO4S/c1-13-8(10)7-14(11,12)6-4-2-3-5-9/h2-4,6-7H2,1H3. The van der Waals surface area contributed by atoms with Crippen molar-refractivity contribution in [3.8, 4) is 6.07 Å². The molecular formula is C8H13NO4S. The molecule has 14 heavy (non-hydrogen) atoms. The highest BCUT2D eigenvalue weighted by Crippen LogP contribution is 2.00. The molecule has 0 saturated carbocycles. The van der Waals surface area contributed by atoms with Crippen LogP contribution in [0.25, 0.3) is 0 Å². The van der Waals surface area contributed by atoms with Crippen molar-refractivity contribution in [1.82, 2.24) is 0 Å². The second-order valence-electron chi connectivity index (χ2n) is 2.78. The fraction of sp³-hybridized carbons (Fsp3) is 0.750. The number of carbonyl (C=O) groups is 1. The summed E-state index contributed by atoms with van der Waals surface area (Å²) in [6, 6.07) is 1.92. The maximum atomic E-state index is 11.2. The number of hydrogen-bond acceptors (Lipinski definition) is 5. The smallest absolute Gasteiger partial charge is 0.320 e. The van der Waals surface area contributed by atoms with Gasteiger partial charge in [0.25, 0.3) is 0 Å². The zero-order chi connectivity index (χ0) is 11.0. The molecule has 0 saturated heterocycles. The number of carbonyl (C=O) groups excluding carboxylic acids is 1. The van der Waals surface area contributed by atoms with Crippen molar-refractivity contribution in [2.45, 2.75) is 19.3 Å². The van der Waals surface area contributed by atoms with Gasteiger partial charge in [-0.05, 0) is 12.8 Å². The number of nitriles is 1. The molecule has 0 aliphatic rings. The van der Waals surface area contributed by atoms with Gasteiger partial charge in [0.2, 0.25) is 0 Å². The maximum Gasteiger partial charge on any atom is 0.320 e. The maximum absolute atomic E-state index is 11.2. The van der Waals surface area contributed by atoms with Crippen molar-refractivity contribution in [1.29, 1.82) is 5.26 Å². The van der Waals surface area contributed by atoms with Gasteiger partial charge in [0.05, 0.1) is 18.9 Å². The molecule has 0 unspecified atom stereocenters. The van der Waals surface area contributed by atoms with Crippen molar-refractivity contribution in [2.75, 3.05) is 18.6 Å². The zero-order valence-corrected chi connectivity index (χ0v) is 8.84. The molecule has 0 radical (unpaired) electrons. The van der Waals surface area contributed by atoms with E-state index in [2.05, 4.69) is 4.74 Å². The van der Waals surface area contributed by atoms with Crippen LogP contribution in [0, 0.1) is 11.3 Å². The number of unbranched alkanes of at least 4 members (excludes halogenated alkanes) is 2. The van der Waals surface area contributed by atoms with Crippen LogP contribution in [-0.2, 0) is 19.4 Å². The molecule has 0 aromatic heterocycles. The fourth-order valence-electron chi connectivity index (χ4n) is 0.837. The first kappa shape index (κ1) is 12.9. The first-order chi connectivity index (χ1) is 6.52. The highest BCUT2D eigenvalue weighted by molar-refractivity contribution is 7.92. The summed E-state index contributed by atoms with van der Waals surface area (Å²) < 4.78 is 26.6. The van der Waals surface area contributed by atoms with Crippen LogP contribution in [0.3, 0.4) is 0 Å². The average molecular weight is 219 g/mol. The van der Waals surface area contributed by atoms with Gasteiger partial charge in [0, 0.05) is 6.42 Å². The fourth-order valence-corrected chi connectivity index (χ4v) is 2.10. The number of esters is 1. The summed E-state index contributed by atoms with van der Waals surface area (Å²) in [5, 5.41) is 8.21. The van der Waals surface area contributed by atoms with E-state index >= 15 is 0 Å². The summed E-state index contributed by atoms with van der Waals surface area (Å²) >= 11 is 0. The van der Waals surface area contributed by atoms with Gasteiger partial charge in [-0.2, -0.15) is 5.26 Å². The highest BCUT2D eigenvalue weighted by atomic mass is 32.2. The average Bonchev–Trinajstić information content (AvgIpc) is 2.12. The monoisotopic (exact) mass is 219 g/mol. The van der Waals surface area contributed by atoms with Gasteiger partial charge in [0.15, 0.2) is 9.84 Å². The molecule has 6 heteroatoms. The second kappa shape index (κ2) is 6.38. The molecule has 0 aliphatic carbocycles. The molecule has 0 amide bonds. The molecule has 0 aromatic carbocycles. The lowest BCUT2D eigenvalue weighted by Crippen LogP contribution is -2.19. The Balaban J connectivity index is 3.86. The number of methoxy groups -OCH3 is 1. The zero-order valence-electron chi connectivity index (χ0n) is 8.02. The van der Waals surface area contributed by atoms with Gasteiger partial charge >= 0.3 is 5.97 Å². The minimum Gasteiger partial charge on any atom is -0.468 e. The lowest BCUT2D eigenvalue weighted by atomic mass is 10.3. The molecule has 80 valence electrons. The Morgan fingerprint density at radius 1 is 1.43 bits per heavy atom. The van der Waals surface area contributed by atoms with Crippen LogP contribution in [0.15, 0.2) is 0 Å². The van der Waals surface area contributed by atoms with Gasteiger partial charge in [-0.25, -0.2) is 8.42 Å². The Labute approximate surface area is 83.6 Å². The van der Waals surface area contributed by atoms with Crippen LogP contribution in [0.5, 0.6) is 0 Å². The molecule has 0 heterocycles. The van der Waals surface area contributed by atoms with Gasteiger partial charge in [-0.15, -0.1) is 0 Å². The number of rotatable bonds is 6.